The Morgan fingerprint density at radius 2 is 2.12 bits per heavy atom. The first-order valence-corrected chi connectivity index (χ1v) is 9.31. The third-order valence-corrected chi connectivity index (χ3v) is 5.08. The number of aromatic nitrogens is 4. The molecule has 8 heteroatoms. The van der Waals surface area contributed by atoms with E-state index in [1.54, 1.807) is 6.20 Å². The largest absolute Gasteiger partial charge is 0.301 e. The number of aryl methyl sites for hydroxylation is 1. The Kier molecular flexibility index (Phi) is 5.27. The number of benzene rings is 1. The molecule has 2 aromatic heterocycles. The van der Waals surface area contributed by atoms with Gasteiger partial charge in [-0.15, -0.1) is 21.5 Å². The van der Waals surface area contributed by atoms with Crippen molar-refractivity contribution in [2.45, 2.75) is 30.7 Å². The lowest BCUT2D eigenvalue weighted by molar-refractivity contribution is -0.115. The van der Waals surface area contributed by atoms with E-state index in [4.69, 9.17) is 0 Å². The second-order valence-electron chi connectivity index (χ2n) is 5.01. The summed E-state index contributed by atoms with van der Waals surface area (Å²) in [4.78, 5) is 16.4. The molecule has 1 amide bonds. The first kappa shape index (κ1) is 16.7. The van der Waals surface area contributed by atoms with Crippen LogP contribution >= 0.6 is 23.1 Å². The van der Waals surface area contributed by atoms with E-state index in [2.05, 4.69) is 20.5 Å². The monoisotopic (exact) mass is 359 g/mol. The minimum Gasteiger partial charge on any atom is -0.301 e. The van der Waals surface area contributed by atoms with Crippen LogP contribution in [0, 0.1) is 0 Å². The van der Waals surface area contributed by atoms with Crippen LogP contribution in [0.2, 0.25) is 0 Å². The van der Waals surface area contributed by atoms with Crippen LogP contribution in [0.25, 0.3) is 5.69 Å². The van der Waals surface area contributed by atoms with Crippen molar-refractivity contribution >= 4 is 34.1 Å². The number of hydrogen-bond donors (Lipinski definition) is 1. The van der Waals surface area contributed by atoms with Crippen LogP contribution in [0.15, 0.2) is 47.1 Å². The number of anilines is 1. The zero-order chi connectivity index (χ0) is 16.9. The maximum atomic E-state index is 12.3. The number of rotatable bonds is 6. The summed E-state index contributed by atoms with van der Waals surface area (Å²) in [7, 11) is 0. The molecule has 1 N–H and O–H groups in total. The molecule has 0 saturated heterocycles. The fourth-order valence-corrected chi connectivity index (χ4v) is 3.56. The van der Waals surface area contributed by atoms with Crippen molar-refractivity contribution in [1.29, 1.82) is 0 Å². The maximum absolute atomic E-state index is 12.3. The third-order valence-electron chi connectivity index (χ3n) is 3.34. The molecule has 2 heterocycles. The van der Waals surface area contributed by atoms with Crippen LogP contribution in [-0.4, -0.2) is 30.9 Å². The summed E-state index contributed by atoms with van der Waals surface area (Å²) in [6.07, 6.45) is 2.43. The highest BCUT2D eigenvalue weighted by Gasteiger charge is 2.21. The summed E-state index contributed by atoms with van der Waals surface area (Å²) in [5.41, 5.74) is 0.995. The normalized spacial score (nSPS) is 12.1. The van der Waals surface area contributed by atoms with Crippen molar-refractivity contribution in [3.05, 3.63) is 47.7 Å². The van der Waals surface area contributed by atoms with Gasteiger partial charge in [-0.2, -0.15) is 0 Å². The van der Waals surface area contributed by atoms with Gasteiger partial charge in [0.15, 0.2) is 10.3 Å². The van der Waals surface area contributed by atoms with Crippen molar-refractivity contribution in [3.8, 4) is 5.69 Å². The van der Waals surface area contributed by atoms with Crippen molar-refractivity contribution in [2.75, 3.05) is 5.32 Å². The lowest BCUT2D eigenvalue weighted by atomic mass is 10.3. The zero-order valence-corrected chi connectivity index (χ0v) is 15.0. The number of thioether (sulfide) groups is 1. The molecule has 0 spiro atoms. The molecular weight excluding hydrogens is 342 g/mol. The number of para-hydroxylation sites is 1. The summed E-state index contributed by atoms with van der Waals surface area (Å²) >= 11 is 2.78. The summed E-state index contributed by atoms with van der Waals surface area (Å²) in [5, 5.41) is 14.2. The molecule has 1 atom stereocenters. The molecule has 0 aliphatic carbocycles. The Morgan fingerprint density at radius 1 is 1.33 bits per heavy atom. The quantitative estimate of drug-likeness (QED) is 0.683. The van der Waals surface area contributed by atoms with E-state index in [0.29, 0.717) is 10.3 Å². The van der Waals surface area contributed by atoms with E-state index >= 15 is 0 Å². The smallest absolute Gasteiger partial charge is 0.239 e. The van der Waals surface area contributed by atoms with E-state index in [0.717, 1.165) is 17.9 Å². The Morgan fingerprint density at radius 3 is 2.79 bits per heavy atom. The summed E-state index contributed by atoms with van der Waals surface area (Å²) in [5.74, 6) is 0.770. The molecule has 0 saturated carbocycles. The molecule has 6 nitrogen and oxygen atoms in total. The van der Waals surface area contributed by atoms with Gasteiger partial charge in [-0.05, 0) is 19.1 Å². The van der Waals surface area contributed by atoms with Crippen molar-refractivity contribution in [3.63, 3.8) is 0 Å². The predicted molar refractivity (Wildman–Crippen MR) is 96.8 cm³/mol. The van der Waals surface area contributed by atoms with Crippen LogP contribution in [0.5, 0.6) is 0 Å². The molecule has 24 heavy (non-hydrogen) atoms. The van der Waals surface area contributed by atoms with Gasteiger partial charge in [-0.3, -0.25) is 9.36 Å². The minimum atomic E-state index is -0.315. The second kappa shape index (κ2) is 7.59. The molecule has 1 aromatic carbocycles. The molecule has 0 radical (unpaired) electrons. The van der Waals surface area contributed by atoms with Gasteiger partial charge in [0, 0.05) is 23.7 Å². The van der Waals surface area contributed by atoms with E-state index in [1.807, 2.05) is 54.1 Å². The highest BCUT2D eigenvalue weighted by Crippen LogP contribution is 2.26. The van der Waals surface area contributed by atoms with Crippen LogP contribution in [0.4, 0.5) is 5.13 Å². The number of carbonyl (C=O) groups excluding carboxylic acids is 1. The van der Waals surface area contributed by atoms with E-state index in [9.17, 15) is 4.79 Å². The number of nitrogens with one attached hydrogen (secondary N) is 1. The van der Waals surface area contributed by atoms with Gasteiger partial charge in [-0.1, -0.05) is 36.9 Å². The Bertz CT molecular complexity index is 801. The summed E-state index contributed by atoms with van der Waals surface area (Å²) in [6, 6.07) is 9.93. The average molecular weight is 359 g/mol. The maximum Gasteiger partial charge on any atom is 0.239 e. The van der Waals surface area contributed by atoms with Crippen molar-refractivity contribution < 1.29 is 4.79 Å². The second-order valence-corrected chi connectivity index (χ2v) is 7.21. The standard InChI is InChI=1S/C16H17N5OS2/c1-3-13-19-20-16(21(13)12-7-5-4-6-8-12)24-11(2)14(22)18-15-17-9-10-23-15/h4-11H,3H2,1-2H3,(H,17,18,22). The Labute approximate surface area is 148 Å². The summed E-state index contributed by atoms with van der Waals surface area (Å²) < 4.78 is 2.00. The van der Waals surface area contributed by atoms with E-state index < -0.39 is 0 Å². The lowest BCUT2D eigenvalue weighted by Gasteiger charge is -2.12. The van der Waals surface area contributed by atoms with Gasteiger partial charge in [0.05, 0.1) is 5.25 Å². The van der Waals surface area contributed by atoms with Gasteiger partial charge >= 0.3 is 0 Å². The minimum absolute atomic E-state index is 0.101. The van der Waals surface area contributed by atoms with Gasteiger partial charge < -0.3 is 5.32 Å². The highest BCUT2D eigenvalue weighted by molar-refractivity contribution is 8.00. The van der Waals surface area contributed by atoms with Gasteiger partial charge in [-0.25, -0.2) is 4.98 Å². The lowest BCUT2D eigenvalue weighted by Crippen LogP contribution is -2.22. The van der Waals surface area contributed by atoms with Crippen LogP contribution in [0.1, 0.15) is 19.7 Å². The molecule has 0 bridgehead atoms. The van der Waals surface area contributed by atoms with Crippen molar-refractivity contribution in [1.82, 2.24) is 19.7 Å². The predicted octanol–water partition coefficient (Wildman–Crippen LogP) is 3.41. The van der Waals surface area contributed by atoms with Gasteiger partial charge in [0.2, 0.25) is 5.91 Å². The molecule has 0 aliphatic rings. The van der Waals surface area contributed by atoms with Gasteiger partial charge in [0.1, 0.15) is 5.82 Å². The molecule has 1 unspecified atom stereocenters. The third kappa shape index (κ3) is 3.65. The average Bonchev–Trinajstić information content (AvgIpc) is 3.25. The van der Waals surface area contributed by atoms with Crippen molar-refractivity contribution in [2.24, 2.45) is 0 Å². The first-order valence-electron chi connectivity index (χ1n) is 7.55. The number of thiazole rings is 1. The molecule has 3 rings (SSSR count). The zero-order valence-electron chi connectivity index (χ0n) is 13.3. The SMILES string of the molecule is CCc1nnc(SC(C)C(=O)Nc2nccs2)n1-c1ccccc1. The first-order chi connectivity index (χ1) is 11.7. The Balaban J connectivity index is 1.80. The molecule has 0 aliphatic heterocycles. The Hall–Kier alpha value is -2.19. The molecular formula is C16H17N5OS2. The molecule has 3 aromatic rings. The fourth-order valence-electron chi connectivity index (χ4n) is 2.15. The topological polar surface area (TPSA) is 72.7 Å². The van der Waals surface area contributed by atoms with Gasteiger partial charge in [0.25, 0.3) is 0 Å². The number of carbonyl (C=O) groups is 1. The highest BCUT2D eigenvalue weighted by atomic mass is 32.2. The number of hydrogen-bond acceptors (Lipinski definition) is 6. The molecule has 124 valence electrons. The number of amides is 1. The van der Waals surface area contributed by atoms with E-state index in [-0.39, 0.29) is 11.2 Å². The van der Waals surface area contributed by atoms with Crippen LogP contribution in [-0.2, 0) is 11.2 Å². The van der Waals surface area contributed by atoms with Crippen LogP contribution in [0.3, 0.4) is 0 Å². The molecule has 0 fully saturated rings. The summed E-state index contributed by atoms with van der Waals surface area (Å²) in [6.45, 7) is 3.89. The van der Waals surface area contributed by atoms with E-state index in [1.165, 1.54) is 23.1 Å². The fraction of sp³-hybridized carbons (Fsp3) is 0.250. The van der Waals surface area contributed by atoms with Crippen LogP contribution < -0.4 is 5.32 Å². The number of nitrogens with zero attached hydrogens (tertiary/aromatic N) is 4.